The topological polar surface area (TPSA) is 50.3 Å². The SMILES string of the molecule is CC1=CCN(S(=O)(=O)c2cnc(Cl)c(Cl)c2)CC1. The second kappa shape index (κ2) is 5.17. The molecule has 0 aliphatic carbocycles. The lowest BCUT2D eigenvalue weighted by Crippen LogP contribution is -2.34. The number of hydrogen-bond acceptors (Lipinski definition) is 3. The van der Waals surface area contributed by atoms with Gasteiger partial charge in [0.1, 0.15) is 10.0 Å². The molecule has 0 saturated carbocycles. The molecule has 0 fully saturated rings. The van der Waals surface area contributed by atoms with Crippen molar-refractivity contribution in [3.8, 4) is 0 Å². The Bertz CT molecular complexity index is 599. The largest absolute Gasteiger partial charge is 0.244 e. The minimum Gasteiger partial charge on any atom is -0.242 e. The molecule has 4 nitrogen and oxygen atoms in total. The van der Waals surface area contributed by atoms with Gasteiger partial charge in [0.25, 0.3) is 0 Å². The monoisotopic (exact) mass is 306 g/mol. The van der Waals surface area contributed by atoms with Crippen molar-refractivity contribution < 1.29 is 8.42 Å². The normalized spacial score (nSPS) is 17.6. The van der Waals surface area contributed by atoms with Crippen LogP contribution in [0.3, 0.4) is 0 Å². The lowest BCUT2D eigenvalue weighted by molar-refractivity contribution is 0.431. The van der Waals surface area contributed by atoms with Crippen molar-refractivity contribution in [1.29, 1.82) is 0 Å². The van der Waals surface area contributed by atoms with Crippen molar-refractivity contribution in [2.45, 2.75) is 18.2 Å². The predicted octanol–water partition coefficient (Wildman–Crippen LogP) is 2.73. The van der Waals surface area contributed by atoms with Gasteiger partial charge in [0, 0.05) is 19.3 Å². The summed E-state index contributed by atoms with van der Waals surface area (Å²) in [6, 6.07) is 1.33. The summed E-state index contributed by atoms with van der Waals surface area (Å²) in [5, 5.41) is 0.242. The third kappa shape index (κ3) is 2.69. The first-order valence-corrected chi connectivity index (χ1v) is 7.57. The first kappa shape index (κ1) is 13.8. The Morgan fingerprint density at radius 2 is 2.11 bits per heavy atom. The van der Waals surface area contributed by atoms with E-state index in [9.17, 15) is 8.42 Å². The van der Waals surface area contributed by atoms with Crippen LogP contribution >= 0.6 is 23.2 Å². The van der Waals surface area contributed by atoms with E-state index in [-0.39, 0.29) is 15.1 Å². The zero-order chi connectivity index (χ0) is 13.3. The molecule has 18 heavy (non-hydrogen) atoms. The van der Waals surface area contributed by atoms with E-state index in [0.717, 1.165) is 6.42 Å². The van der Waals surface area contributed by atoms with E-state index in [0.29, 0.717) is 13.1 Å². The van der Waals surface area contributed by atoms with Crippen LogP contribution in [-0.2, 0) is 10.0 Å². The van der Waals surface area contributed by atoms with E-state index in [1.807, 2.05) is 13.0 Å². The predicted molar refractivity (Wildman–Crippen MR) is 71.4 cm³/mol. The van der Waals surface area contributed by atoms with Gasteiger partial charge in [-0.05, 0) is 19.4 Å². The average Bonchev–Trinajstić information content (AvgIpc) is 2.33. The smallest absolute Gasteiger partial charge is 0.242 e. The second-order valence-electron chi connectivity index (χ2n) is 4.11. The molecule has 0 radical (unpaired) electrons. The quantitative estimate of drug-likeness (QED) is 0.623. The summed E-state index contributed by atoms with van der Waals surface area (Å²) < 4.78 is 26.0. The van der Waals surface area contributed by atoms with Crippen LogP contribution in [0.5, 0.6) is 0 Å². The van der Waals surface area contributed by atoms with E-state index in [1.165, 1.54) is 22.1 Å². The Morgan fingerprint density at radius 3 is 2.67 bits per heavy atom. The van der Waals surface area contributed by atoms with Gasteiger partial charge in [-0.1, -0.05) is 34.9 Å². The van der Waals surface area contributed by atoms with Crippen molar-refractivity contribution in [2.24, 2.45) is 0 Å². The van der Waals surface area contributed by atoms with Crippen LogP contribution in [0.4, 0.5) is 0 Å². The molecule has 0 saturated heterocycles. The lowest BCUT2D eigenvalue weighted by Gasteiger charge is -2.24. The molecule has 1 aromatic rings. The minimum absolute atomic E-state index is 0.0739. The molecule has 0 bridgehead atoms. The highest BCUT2D eigenvalue weighted by molar-refractivity contribution is 7.89. The average molecular weight is 307 g/mol. The van der Waals surface area contributed by atoms with Crippen LogP contribution in [0.2, 0.25) is 10.2 Å². The molecule has 0 spiro atoms. The zero-order valence-electron chi connectivity index (χ0n) is 9.73. The highest BCUT2D eigenvalue weighted by Crippen LogP contribution is 2.25. The molecule has 0 amide bonds. The standard InChI is InChI=1S/C11H12Cl2N2O2S/c1-8-2-4-15(5-3-8)18(16,17)9-6-10(12)11(13)14-7-9/h2,6-7H,3-5H2,1H3. The van der Waals surface area contributed by atoms with Gasteiger partial charge < -0.3 is 0 Å². The number of sulfonamides is 1. The fraction of sp³-hybridized carbons (Fsp3) is 0.364. The molecular weight excluding hydrogens is 295 g/mol. The lowest BCUT2D eigenvalue weighted by atomic mass is 10.1. The van der Waals surface area contributed by atoms with Crippen molar-refractivity contribution in [3.05, 3.63) is 34.1 Å². The van der Waals surface area contributed by atoms with E-state index < -0.39 is 10.0 Å². The maximum absolute atomic E-state index is 12.3. The Hall–Kier alpha value is -0.620. The Morgan fingerprint density at radius 1 is 1.39 bits per heavy atom. The van der Waals surface area contributed by atoms with Gasteiger partial charge in [-0.2, -0.15) is 4.31 Å². The van der Waals surface area contributed by atoms with Crippen LogP contribution in [0, 0.1) is 0 Å². The van der Waals surface area contributed by atoms with E-state index in [4.69, 9.17) is 23.2 Å². The first-order valence-electron chi connectivity index (χ1n) is 5.38. The number of halogens is 2. The second-order valence-corrected chi connectivity index (χ2v) is 6.81. The van der Waals surface area contributed by atoms with Crippen LogP contribution < -0.4 is 0 Å². The number of rotatable bonds is 2. The minimum atomic E-state index is -3.54. The van der Waals surface area contributed by atoms with Crippen LogP contribution in [0.1, 0.15) is 13.3 Å². The van der Waals surface area contributed by atoms with Gasteiger partial charge in [0.05, 0.1) is 5.02 Å². The fourth-order valence-electron chi connectivity index (χ4n) is 1.66. The van der Waals surface area contributed by atoms with E-state index in [2.05, 4.69) is 4.98 Å². The summed E-state index contributed by atoms with van der Waals surface area (Å²) in [5.74, 6) is 0. The van der Waals surface area contributed by atoms with Crippen LogP contribution in [0.15, 0.2) is 28.8 Å². The Balaban J connectivity index is 2.34. The van der Waals surface area contributed by atoms with E-state index >= 15 is 0 Å². The van der Waals surface area contributed by atoms with Gasteiger partial charge in [-0.25, -0.2) is 13.4 Å². The molecule has 7 heteroatoms. The molecule has 1 aliphatic heterocycles. The van der Waals surface area contributed by atoms with Crippen molar-refractivity contribution in [2.75, 3.05) is 13.1 Å². The molecule has 0 atom stereocenters. The Labute approximate surface area is 116 Å². The molecule has 0 unspecified atom stereocenters. The number of aromatic nitrogens is 1. The molecule has 2 heterocycles. The molecule has 0 aromatic carbocycles. The zero-order valence-corrected chi connectivity index (χ0v) is 12.1. The summed E-state index contributed by atoms with van der Waals surface area (Å²) in [6.45, 7) is 2.85. The van der Waals surface area contributed by atoms with E-state index in [1.54, 1.807) is 0 Å². The van der Waals surface area contributed by atoms with Gasteiger partial charge in [0.2, 0.25) is 10.0 Å². The number of pyridine rings is 1. The summed E-state index contributed by atoms with van der Waals surface area (Å²) >= 11 is 11.5. The third-order valence-electron chi connectivity index (χ3n) is 2.81. The highest BCUT2D eigenvalue weighted by Gasteiger charge is 2.26. The molecule has 98 valence electrons. The maximum Gasteiger partial charge on any atom is 0.244 e. The summed E-state index contributed by atoms with van der Waals surface area (Å²) in [4.78, 5) is 3.84. The first-order chi connectivity index (χ1) is 8.41. The summed E-state index contributed by atoms with van der Waals surface area (Å²) in [7, 11) is -3.54. The summed E-state index contributed by atoms with van der Waals surface area (Å²) in [5.41, 5.74) is 1.20. The van der Waals surface area contributed by atoms with Crippen molar-refractivity contribution in [3.63, 3.8) is 0 Å². The van der Waals surface area contributed by atoms with Gasteiger partial charge in [-0.3, -0.25) is 0 Å². The number of hydrogen-bond donors (Lipinski definition) is 0. The van der Waals surface area contributed by atoms with Crippen molar-refractivity contribution in [1.82, 2.24) is 9.29 Å². The van der Waals surface area contributed by atoms with Crippen molar-refractivity contribution >= 4 is 33.2 Å². The molecule has 1 aromatic heterocycles. The van der Waals surface area contributed by atoms with Gasteiger partial charge in [-0.15, -0.1) is 0 Å². The molecule has 0 N–H and O–H groups in total. The Kier molecular flexibility index (Phi) is 3.96. The van der Waals surface area contributed by atoms with Gasteiger partial charge >= 0.3 is 0 Å². The molecular formula is C11H12Cl2N2O2S. The fourth-order valence-corrected chi connectivity index (χ4v) is 3.35. The van der Waals surface area contributed by atoms with Crippen LogP contribution in [-0.4, -0.2) is 30.8 Å². The maximum atomic E-state index is 12.3. The molecule has 1 aliphatic rings. The summed E-state index contributed by atoms with van der Waals surface area (Å²) in [6.07, 6.45) is 3.88. The van der Waals surface area contributed by atoms with Crippen LogP contribution in [0.25, 0.3) is 0 Å². The highest BCUT2D eigenvalue weighted by atomic mass is 35.5. The van der Waals surface area contributed by atoms with Gasteiger partial charge in [0.15, 0.2) is 0 Å². The number of nitrogens with zero attached hydrogens (tertiary/aromatic N) is 2. The third-order valence-corrected chi connectivity index (χ3v) is 5.32. The molecule has 2 rings (SSSR count).